The Hall–Kier alpha value is -3.32. The van der Waals surface area contributed by atoms with E-state index in [1.807, 2.05) is 24.3 Å². The smallest absolute Gasteiger partial charge is 0.414 e. The lowest BCUT2D eigenvalue weighted by Gasteiger charge is -2.28. The molecule has 206 valence electrons. The summed E-state index contributed by atoms with van der Waals surface area (Å²) in [5, 5.41) is 24.2. The average molecular weight is 658 g/mol. The van der Waals surface area contributed by atoms with Crippen LogP contribution in [0.1, 0.15) is 18.4 Å². The number of hydrogen-bond acceptors (Lipinski definition) is 6. The SMILES string of the molecule is CN(C(=O)OCc1ccc(NC(=O)NC(CCC(=O)O)C(=O)O)cc1)c1ccccc1N(CCBr)CCBr. The monoisotopic (exact) mass is 656 g/mol. The number of benzene rings is 2. The van der Waals surface area contributed by atoms with E-state index in [1.165, 1.54) is 4.90 Å². The molecule has 13 heteroatoms. The number of carbonyl (C=O) groups excluding carboxylic acids is 2. The van der Waals surface area contributed by atoms with Gasteiger partial charge in [-0.3, -0.25) is 9.69 Å². The van der Waals surface area contributed by atoms with E-state index in [0.29, 0.717) is 16.9 Å². The fourth-order valence-electron chi connectivity index (χ4n) is 3.45. The van der Waals surface area contributed by atoms with E-state index in [2.05, 4.69) is 47.4 Å². The lowest BCUT2D eigenvalue weighted by atomic mass is 10.1. The van der Waals surface area contributed by atoms with Crippen LogP contribution in [0.4, 0.5) is 26.7 Å². The number of amides is 3. The van der Waals surface area contributed by atoms with Crippen molar-refractivity contribution in [3.8, 4) is 0 Å². The summed E-state index contributed by atoms with van der Waals surface area (Å²) in [6.07, 6.45) is -1.17. The van der Waals surface area contributed by atoms with Crippen molar-refractivity contribution in [1.29, 1.82) is 0 Å². The van der Waals surface area contributed by atoms with Gasteiger partial charge in [0.2, 0.25) is 0 Å². The molecule has 4 N–H and O–H groups in total. The van der Waals surface area contributed by atoms with Crippen LogP contribution in [0.25, 0.3) is 0 Å². The molecular formula is C25H30Br2N4O7. The van der Waals surface area contributed by atoms with Gasteiger partial charge in [-0.15, -0.1) is 0 Å². The molecular weight excluding hydrogens is 628 g/mol. The van der Waals surface area contributed by atoms with Crippen LogP contribution in [0.3, 0.4) is 0 Å². The summed E-state index contributed by atoms with van der Waals surface area (Å²) in [6, 6.07) is 11.9. The maximum Gasteiger partial charge on any atom is 0.414 e. The number of anilines is 3. The largest absolute Gasteiger partial charge is 0.481 e. The van der Waals surface area contributed by atoms with Gasteiger partial charge in [-0.05, 0) is 36.2 Å². The first kappa shape index (κ1) is 30.9. The summed E-state index contributed by atoms with van der Waals surface area (Å²) >= 11 is 6.94. The number of nitrogens with zero attached hydrogens (tertiary/aromatic N) is 2. The molecule has 38 heavy (non-hydrogen) atoms. The van der Waals surface area contributed by atoms with Crippen molar-refractivity contribution in [2.75, 3.05) is 45.9 Å². The highest BCUT2D eigenvalue weighted by atomic mass is 79.9. The molecule has 0 aliphatic heterocycles. The molecule has 0 heterocycles. The number of ether oxygens (including phenoxy) is 1. The minimum atomic E-state index is -1.34. The van der Waals surface area contributed by atoms with Gasteiger partial charge in [-0.2, -0.15) is 0 Å². The Bertz CT molecular complexity index is 1100. The zero-order chi connectivity index (χ0) is 28.1. The van der Waals surface area contributed by atoms with Crippen molar-refractivity contribution in [3.63, 3.8) is 0 Å². The summed E-state index contributed by atoms with van der Waals surface area (Å²) in [6.45, 7) is 1.53. The molecule has 3 amide bonds. The number of para-hydroxylation sites is 2. The van der Waals surface area contributed by atoms with E-state index in [9.17, 15) is 19.2 Å². The minimum absolute atomic E-state index is 0.000603. The maximum absolute atomic E-state index is 12.8. The number of halogens is 2. The molecule has 0 saturated heterocycles. The van der Waals surface area contributed by atoms with Crippen molar-refractivity contribution in [2.24, 2.45) is 0 Å². The highest BCUT2D eigenvalue weighted by Crippen LogP contribution is 2.29. The number of nitrogens with one attached hydrogen (secondary N) is 2. The van der Waals surface area contributed by atoms with Gasteiger partial charge in [-0.1, -0.05) is 56.1 Å². The number of rotatable bonds is 14. The standard InChI is InChI=1S/C25H30Br2N4O7/c1-30(20-4-2-3-5-21(20)31(14-12-26)15-13-27)25(37)38-16-17-6-8-18(9-7-17)28-24(36)29-19(23(34)35)10-11-22(32)33/h2-9,19H,10-16H2,1H3,(H,32,33)(H,34,35)(H2,28,29,36). The molecule has 0 aliphatic carbocycles. The van der Waals surface area contributed by atoms with Crippen molar-refractivity contribution < 1.29 is 34.1 Å². The second kappa shape index (κ2) is 15.8. The van der Waals surface area contributed by atoms with Gasteiger partial charge in [0, 0.05) is 42.9 Å². The molecule has 2 rings (SSSR count). The second-order valence-corrected chi connectivity index (χ2v) is 9.67. The molecule has 0 radical (unpaired) electrons. The Morgan fingerprint density at radius 2 is 1.55 bits per heavy atom. The fourth-order valence-corrected chi connectivity index (χ4v) is 4.30. The summed E-state index contributed by atoms with van der Waals surface area (Å²) in [4.78, 5) is 50.4. The van der Waals surface area contributed by atoms with Crippen LogP contribution in [0, 0.1) is 0 Å². The number of alkyl halides is 2. The van der Waals surface area contributed by atoms with E-state index in [4.69, 9.17) is 14.9 Å². The highest BCUT2D eigenvalue weighted by molar-refractivity contribution is 9.09. The lowest BCUT2D eigenvalue weighted by Crippen LogP contribution is -2.43. The summed E-state index contributed by atoms with van der Waals surface area (Å²) in [5.41, 5.74) is 2.68. The van der Waals surface area contributed by atoms with Crippen LogP contribution in [0.15, 0.2) is 48.5 Å². The Kier molecular flexibility index (Phi) is 12.9. The van der Waals surface area contributed by atoms with Gasteiger partial charge < -0.3 is 30.5 Å². The molecule has 0 aromatic heterocycles. The number of carboxylic acid groups (broad SMARTS) is 2. The lowest BCUT2D eigenvalue weighted by molar-refractivity contribution is -0.140. The Labute approximate surface area is 237 Å². The molecule has 0 aliphatic rings. The third-order valence-electron chi connectivity index (χ3n) is 5.39. The number of hydrogen-bond donors (Lipinski definition) is 4. The maximum atomic E-state index is 12.8. The van der Waals surface area contributed by atoms with Gasteiger partial charge in [-0.25, -0.2) is 14.4 Å². The first-order valence-electron chi connectivity index (χ1n) is 11.6. The third-order valence-corrected chi connectivity index (χ3v) is 6.10. The summed E-state index contributed by atoms with van der Waals surface area (Å²) in [5.74, 6) is -2.48. The van der Waals surface area contributed by atoms with Crippen molar-refractivity contribution >= 4 is 73.0 Å². The van der Waals surface area contributed by atoms with E-state index in [1.54, 1.807) is 31.3 Å². The molecule has 0 saturated carbocycles. The molecule has 0 spiro atoms. The zero-order valence-electron chi connectivity index (χ0n) is 20.7. The van der Waals surface area contributed by atoms with E-state index >= 15 is 0 Å². The summed E-state index contributed by atoms with van der Waals surface area (Å²) < 4.78 is 5.48. The quantitative estimate of drug-likeness (QED) is 0.217. The van der Waals surface area contributed by atoms with E-state index < -0.39 is 36.5 Å². The van der Waals surface area contributed by atoms with Crippen LogP contribution < -0.4 is 20.4 Å². The van der Waals surface area contributed by atoms with Crippen molar-refractivity contribution in [1.82, 2.24) is 5.32 Å². The third kappa shape index (κ3) is 9.86. The zero-order valence-corrected chi connectivity index (χ0v) is 23.9. The Morgan fingerprint density at radius 1 is 0.947 bits per heavy atom. The topological polar surface area (TPSA) is 149 Å². The second-order valence-electron chi connectivity index (χ2n) is 8.09. The van der Waals surface area contributed by atoms with E-state index in [-0.39, 0.29) is 13.0 Å². The Balaban J connectivity index is 1.95. The number of urea groups is 1. The Morgan fingerprint density at radius 3 is 2.11 bits per heavy atom. The normalized spacial score (nSPS) is 11.2. The van der Waals surface area contributed by atoms with Gasteiger partial charge in [0.1, 0.15) is 12.6 Å². The number of aliphatic carboxylic acids is 2. The molecule has 0 fully saturated rings. The van der Waals surface area contributed by atoms with Gasteiger partial charge in [0.25, 0.3) is 0 Å². The van der Waals surface area contributed by atoms with E-state index in [0.717, 1.165) is 29.4 Å². The van der Waals surface area contributed by atoms with Gasteiger partial charge in [0.15, 0.2) is 0 Å². The van der Waals surface area contributed by atoms with Crippen molar-refractivity contribution in [3.05, 3.63) is 54.1 Å². The van der Waals surface area contributed by atoms with Crippen LogP contribution in [0.2, 0.25) is 0 Å². The molecule has 0 bridgehead atoms. The number of carboxylic acids is 2. The molecule has 1 atom stereocenters. The first-order valence-corrected chi connectivity index (χ1v) is 13.9. The van der Waals surface area contributed by atoms with Crippen LogP contribution in [-0.4, -0.2) is 71.1 Å². The van der Waals surface area contributed by atoms with Crippen LogP contribution in [0.5, 0.6) is 0 Å². The minimum Gasteiger partial charge on any atom is -0.481 e. The molecule has 2 aromatic rings. The first-order chi connectivity index (χ1) is 18.2. The average Bonchev–Trinajstić information content (AvgIpc) is 2.89. The van der Waals surface area contributed by atoms with Crippen LogP contribution >= 0.6 is 31.9 Å². The predicted molar refractivity (Wildman–Crippen MR) is 152 cm³/mol. The molecule has 1 unspecified atom stereocenters. The highest BCUT2D eigenvalue weighted by Gasteiger charge is 2.21. The number of carbonyl (C=O) groups is 4. The van der Waals surface area contributed by atoms with Crippen LogP contribution in [-0.2, 0) is 20.9 Å². The molecule has 2 aromatic carbocycles. The predicted octanol–water partition coefficient (Wildman–Crippen LogP) is 4.50. The van der Waals surface area contributed by atoms with Gasteiger partial charge in [0.05, 0.1) is 11.4 Å². The van der Waals surface area contributed by atoms with Gasteiger partial charge >= 0.3 is 24.1 Å². The molecule has 11 nitrogen and oxygen atoms in total. The fraction of sp³-hybridized carbons (Fsp3) is 0.360. The summed E-state index contributed by atoms with van der Waals surface area (Å²) in [7, 11) is 1.65. The van der Waals surface area contributed by atoms with Crippen molar-refractivity contribution in [2.45, 2.75) is 25.5 Å².